The van der Waals surface area contributed by atoms with Crippen molar-refractivity contribution in [2.45, 2.75) is 25.3 Å². The van der Waals surface area contributed by atoms with E-state index < -0.39 is 23.7 Å². The third-order valence-electron chi connectivity index (χ3n) is 3.03. The van der Waals surface area contributed by atoms with Gasteiger partial charge in [0.15, 0.2) is 0 Å². The summed E-state index contributed by atoms with van der Waals surface area (Å²) in [5, 5.41) is 11.5. The smallest absolute Gasteiger partial charge is 0.326 e. The van der Waals surface area contributed by atoms with Gasteiger partial charge in [-0.05, 0) is 42.5 Å². The van der Waals surface area contributed by atoms with E-state index in [0.29, 0.717) is 10.0 Å². The van der Waals surface area contributed by atoms with Crippen molar-refractivity contribution < 1.29 is 19.1 Å². The van der Waals surface area contributed by atoms with Crippen LogP contribution in [0.5, 0.6) is 0 Å². The maximum atomic E-state index is 13.1. The number of carboxylic acid groups (broad SMARTS) is 1. The average Bonchev–Trinajstić information content (AvgIpc) is 3.14. The topological polar surface area (TPSA) is 66.4 Å². The van der Waals surface area contributed by atoms with E-state index in [0.717, 1.165) is 12.8 Å². The molecule has 1 aromatic carbocycles. The summed E-state index contributed by atoms with van der Waals surface area (Å²) in [5.74, 6) is -1.83. The Morgan fingerprint density at radius 1 is 1.47 bits per heavy atom. The van der Waals surface area contributed by atoms with Crippen molar-refractivity contribution in [2.75, 3.05) is 0 Å². The Labute approximate surface area is 118 Å². The Morgan fingerprint density at radius 3 is 2.74 bits per heavy atom. The largest absolute Gasteiger partial charge is 0.480 e. The molecule has 1 fully saturated rings. The fraction of sp³-hybridized carbons (Fsp3) is 0.385. The Bertz CT molecular complexity index is 517. The van der Waals surface area contributed by atoms with Gasteiger partial charge in [0.05, 0.1) is 6.42 Å². The summed E-state index contributed by atoms with van der Waals surface area (Å²) in [4.78, 5) is 22.8. The van der Waals surface area contributed by atoms with Gasteiger partial charge in [-0.1, -0.05) is 15.9 Å². The van der Waals surface area contributed by atoms with Gasteiger partial charge in [0, 0.05) is 4.47 Å². The fourth-order valence-electron chi connectivity index (χ4n) is 1.89. The molecular formula is C13H13BrFNO3. The van der Waals surface area contributed by atoms with E-state index >= 15 is 0 Å². The van der Waals surface area contributed by atoms with Crippen LogP contribution in [0.1, 0.15) is 18.4 Å². The number of hydrogen-bond acceptors (Lipinski definition) is 2. The number of hydrogen-bond donors (Lipinski definition) is 2. The standard InChI is InChI=1S/C13H13BrFNO3/c14-10-4-3-9(15)5-8(10)6-11(17)16-12(13(18)19)7-1-2-7/h3-5,7,12H,1-2,6H2,(H,16,17)(H,18,19). The van der Waals surface area contributed by atoms with Gasteiger partial charge in [-0.15, -0.1) is 0 Å². The van der Waals surface area contributed by atoms with Crippen LogP contribution in [-0.4, -0.2) is 23.0 Å². The van der Waals surface area contributed by atoms with Gasteiger partial charge < -0.3 is 10.4 Å². The molecule has 1 aliphatic carbocycles. The normalized spacial score (nSPS) is 15.9. The minimum absolute atomic E-state index is 0.0254. The predicted molar refractivity (Wildman–Crippen MR) is 70.1 cm³/mol. The summed E-state index contributed by atoms with van der Waals surface area (Å²) < 4.78 is 13.7. The number of carbonyl (C=O) groups is 2. The molecule has 6 heteroatoms. The Morgan fingerprint density at radius 2 is 2.16 bits per heavy atom. The van der Waals surface area contributed by atoms with E-state index in [1.165, 1.54) is 18.2 Å². The van der Waals surface area contributed by atoms with Crippen molar-refractivity contribution in [1.29, 1.82) is 0 Å². The number of aliphatic carboxylic acids is 1. The highest BCUT2D eigenvalue weighted by Crippen LogP contribution is 2.32. The zero-order chi connectivity index (χ0) is 14.0. The van der Waals surface area contributed by atoms with Gasteiger partial charge in [-0.25, -0.2) is 9.18 Å². The first-order chi connectivity index (χ1) is 8.97. The van der Waals surface area contributed by atoms with Gasteiger partial charge in [-0.3, -0.25) is 4.79 Å². The van der Waals surface area contributed by atoms with Crippen LogP contribution in [0.25, 0.3) is 0 Å². The van der Waals surface area contributed by atoms with Crippen molar-refractivity contribution in [2.24, 2.45) is 5.92 Å². The summed E-state index contributed by atoms with van der Waals surface area (Å²) in [7, 11) is 0. The first-order valence-corrected chi connectivity index (χ1v) is 6.73. The molecule has 1 aliphatic rings. The SMILES string of the molecule is O=C(Cc1cc(F)ccc1Br)NC(C(=O)O)C1CC1. The second-order valence-electron chi connectivity index (χ2n) is 4.63. The molecule has 0 aromatic heterocycles. The van der Waals surface area contributed by atoms with E-state index in [4.69, 9.17) is 5.11 Å². The van der Waals surface area contributed by atoms with E-state index in [-0.39, 0.29) is 12.3 Å². The van der Waals surface area contributed by atoms with Gasteiger partial charge >= 0.3 is 5.97 Å². The molecule has 0 radical (unpaired) electrons. The average molecular weight is 330 g/mol. The maximum Gasteiger partial charge on any atom is 0.326 e. The quantitative estimate of drug-likeness (QED) is 0.869. The number of carboxylic acids is 1. The zero-order valence-corrected chi connectivity index (χ0v) is 11.6. The fourth-order valence-corrected chi connectivity index (χ4v) is 2.27. The number of carbonyl (C=O) groups excluding carboxylic acids is 1. The van der Waals surface area contributed by atoms with Crippen LogP contribution in [-0.2, 0) is 16.0 Å². The van der Waals surface area contributed by atoms with Crippen LogP contribution < -0.4 is 5.32 Å². The molecule has 0 spiro atoms. The van der Waals surface area contributed by atoms with Crippen molar-refractivity contribution in [3.05, 3.63) is 34.1 Å². The lowest BCUT2D eigenvalue weighted by atomic mass is 10.1. The molecule has 1 aromatic rings. The first kappa shape index (κ1) is 14.0. The molecule has 0 aliphatic heterocycles. The Hall–Kier alpha value is -1.43. The highest BCUT2D eigenvalue weighted by molar-refractivity contribution is 9.10. The molecule has 102 valence electrons. The lowest BCUT2D eigenvalue weighted by Crippen LogP contribution is -2.43. The molecule has 0 saturated heterocycles. The summed E-state index contributed by atoms with van der Waals surface area (Å²) in [6.07, 6.45) is 1.59. The van der Waals surface area contributed by atoms with Gasteiger partial charge in [-0.2, -0.15) is 0 Å². The summed E-state index contributed by atoms with van der Waals surface area (Å²) in [6.45, 7) is 0. The van der Waals surface area contributed by atoms with Crippen LogP contribution in [0.3, 0.4) is 0 Å². The molecule has 2 N–H and O–H groups in total. The summed E-state index contributed by atoms with van der Waals surface area (Å²) in [5.41, 5.74) is 0.498. The molecule has 19 heavy (non-hydrogen) atoms. The van der Waals surface area contributed by atoms with Crippen LogP contribution in [0.15, 0.2) is 22.7 Å². The van der Waals surface area contributed by atoms with Crippen molar-refractivity contribution in [3.63, 3.8) is 0 Å². The second-order valence-corrected chi connectivity index (χ2v) is 5.49. The van der Waals surface area contributed by atoms with Crippen LogP contribution in [0.4, 0.5) is 4.39 Å². The van der Waals surface area contributed by atoms with E-state index in [9.17, 15) is 14.0 Å². The van der Waals surface area contributed by atoms with Gasteiger partial charge in [0.1, 0.15) is 11.9 Å². The minimum atomic E-state index is -1.02. The molecule has 1 unspecified atom stereocenters. The Kier molecular flexibility index (Phi) is 4.19. The van der Waals surface area contributed by atoms with E-state index in [2.05, 4.69) is 21.2 Å². The van der Waals surface area contributed by atoms with Crippen LogP contribution in [0, 0.1) is 11.7 Å². The Balaban J connectivity index is 2.00. The van der Waals surface area contributed by atoms with Crippen LogP contribution >= 0.6 is 15.9 Å². The number of nitrogens with one attached hydrogen (secondary N) is 1. The van der Waals surface area contributed by atoms with Crippen molar-refractivity contribution in [3.8, 4) is 0 Å². The molecule has 0 bridgehead atoms. The second kappa shape index (κ2) is 5.69. The molecule has 2 rings (SSSR count). The molecule has 0 heterocycles. The van der Waals surface area contributed by atoms with E-state index in [1.54, 1.807) is 0 Å². The lowest BCUT2D eigenvalue weighted by Gasteiger charge is -2.14. The molecule has 1 saturated carbocycles. The molecular weight excluding hydrogens is 317 g/mol. The van der Waals surface area contributed by atoms with Crippen molar-refractivity contribution in [1.82, 2.24) is 5.32 Å². The molecule has 4 nitrogen and oxygen atoms in total. The van der Waals surface area contributed by atoms with Crippen LogP contribution in [0.2, 0.25) is 0 Å². The highest BCUT2D eigenvalue weighted by atomic mass is 79.9. The third-order valence-corrected chi connectivity index (χ3v) is 3.81. The highest BCUT2D eigenvalue weighted by Gasteiger charge is 2.37. The zero-order valence-electron chi connectivity index (χ0n) is 10.0. The monoisotopic (exact) mass is 329 g/mol. The third kappa shape index (κ3) is 3.76. The number of rotatable bonds is 5. The lowest BCUT2D eigenvalue weighted by molar-refractivity contribution is -0.142. The maximum absolute atomic E-state index is 13.1. The van der Waals surface area contributed by atoms with Gasteiger partial charge in [0.25, 0.3) is 0 Å². The van der Waals surface area contributed by atoms with Gasteiger partial charge in [0.2, 0.25) is 5.91 Å². The first-order valence-electron chi connectivity index (χ1n) is 5.93. The molecule has 1 amide bonds. The number of amides is 1. The summed E-state index contributed by atoms with van der Waals surface area (Å²) in [6, 6.07) is 3.24. The number of benzene rings is 1. The van der Waals surface area contributed by atoms with Crippen molar-refractivity contribution >= 4 is 27.8 Å². The predicted octanol–water partition coefficient (Wildman–Crippen LogP) is 2.11. The van der Waals surface area contributed by atoms with E-state index in [1.807, 2.05) is 0 Å². The minimum Gasteiger partial charge on any atom is -0.480 e. The molecule has 1 atom stereocenters. The number of halogens is 2. The summed E-state index contributed by atoms with van der Waals surface area (Å²) >= 11 is 3.23.